The molecule has 120 valence electrons. The highest BCUT2D eigenvalue weighted by Crippen LogP contribution is 2.30. The number of imidazole rings is 1. The van der Waals surface area contributed by atoms with Gasteiger partial charge in [-0.1, -0.05) is 6.92 Å². The van der Waals surface area contributed by atoms with Crippen molar-refractivity contribution in [3.63, 3.8) is 0 Å². The molecule has 2 unspecified atom stereocenters. The first-order valence-electron chi connectivity index (χ1n) is 7.32. The smallest absolute Gasteiger partial charge is 0.260 e. The fourth-order valence-corrected chi connectivity index (χ4v) is 5.34. The Hall–Kier alpha value is -0.630. The highest BCUT2D eigenvalue weighted by Gasteiger charge is 2.38. The summed E-state index contributed by atoms with van der Waals surface area (Å²) < 4.78 is 29.3. The summed E-state index contributed by atoms with van der Waals surface area (Å²) in [5.74, 6) is 1.20. The minimum Gasteiger partial charge on any atom is -0.329 e. The van der Waals surface area contributed by atoms with E-state index in [1.807, 2.05) is 4.57 Å². The summed E-state index contributed by atoms with van der Waals surface area (Å²) in [6.45, 7) is 3.77. The Kier molecular flexibility index (Phi) is 4.97. The van der Waals surface area contributed by atoms with E-state index in [9.17, 15) is 8.42 Å². The van der Waals surface area contributed by atoms with Gasteiger partial charge < -0.3 is 10.3 Å². The number of hydrogen-bond donors (Lipinski definition) is 1. The number of nitrogens with two attached hydrogens (primary N) is 1. The lowest BCUT2D eigenvalue weighted by Crippen LogP contribution is -2.51. The van der Waals surface area contributed by atoms with Crippen LogP contribution in [0.5, 0.6) is 0 Å². The number of nitrogens with zero attached hydrogens (tertiary/aromatic N) is 3. The molecule has 21 heavy (non-hydrogen) atoms. The topological polar surface area (TPSA) is 81.2 Å². The minimum absolute atomic E-state index is 0. The first kappa shape index (κ1) is 16.7. The van der Waals surface area contributed by atoms with Crippen LogP contribution in [0.1, 0.15) is 32.0 Å². The van der Waals surface area contributed by atoms with Gasteiger partial charge in [0.25, 0.3) is 10.0 Å². The summed E-state index contributed by atoms with van der Waals surface area (Å²) in [6, 6.07) is -0.0960. The molecule has 0 amide bonds. The zero-order valence-electron chi connectivity index (χ0n) is 12.2. The molecule has 2 N–H and O–H groups in total. The molecule has 2 aliphatic rings. The third-order valence-corrected chi connectivity index (χ3v) is 6.49. The molecule has 1 saturated heterocycles. The molecule has 8 heteroatoms. The predicted molar refractivity (Wildman–Crippen MR) is 82.9 cm³/mol. The Morgan fingerprint density at radius 2 is 2.14 bits per heavy atom. The van der Waals surface area contributed by atoms with E-state index in [-0.39, 0.29) is 18.4 Å². The molecular formula is C13H23ClN4O2S. The van der Waals surface area contributed by atoms with E-state index < -0.39 is 10.0 Å². The Labute approximate surface area is 132 Å². The van der Waals surface area contributed by atoms with Gasteiger partial charge >= 0.3 is 0 Å². The van der Waals surface area contributed by atoms with Gasteiger partial charge in [-0.2, -0.15) is 4.31 Å². The quantitative estimate of drug-likeness (QED) is 0.894. The summed E-state index contributed by atoms with van der Waals surface area (Å²) in [7, 11) is -3.48. The maximum atomic E-state index is 12.9. The maximum absolute atomic E-state index is 12.9. The Morgan fingerprint density at radius 3 is 2.86 bits per heavy atom. The van der Waals surface area contributed by atoms with E-state index in [0.717, 1.165) is 38.1 Å². The van der Waals surface area contributed by atoms with Crippen LogP contribution in [0.4, 0.5) is 0 Å². The fraction of sp³-hybridized carbons (Fsp3) is 0.769. The van der Waals surface area contributed by atoms with Crippen LogP contribution in [0.2, 0.25) is 0 Å². The third-order valence-electron chi connectivity index (χ3n) is 4.56. The second-order valence-corrected chi connectivity index (χ2v) is 7.64. The molecular weight excluding hydrogens is 312 g/mol. The predicted octanol–water partition coefficient (Wildman–Crippen LogP) is 0.999. The van der Waals surface area contributed by atoms with E-state index in [2.05, 4.69) is 11.9 Å². The van der Waals surface area contributed by atoms with E-state index in [4.69, 9.17) is 5.73 Å². The summed E-state index contributed by atoms with van der Waals surface area (Å²) in [6.07, 6.45) is 5.29. The number of piperidine rings is 1. The zero-order chi connectivity index (χ0) is 14.3. The molecule has 0 bridgehead atoms. The van der Waals surface area contributed by atoms with Crippen LogP contribution in [0.3, 0.4) is 0 Å². The second kappa shape index (κ2) is 6.24. The fourth-order valence-electron chi connectivity index (χ4n) is 3.42. The molecule has 1 aromatic heterocycles. The lowest BCUT2D eigenvalue weighted by molar-refractivity contribution is 0.191. The van der Waals surface area contributed by atoms with Crippen LogP contribution in [0.15, 0.2) is 11.2 Å². The van der Waals surface area contributed by atoms with Crippen LogP contribution in [0.25, 0.3) is 0 Å². The highest BCUT2D eigenvalue weighted by atomic mass is 35.5. The van der Waals surface area contributed by atoms with E-state index in [0.29, 0.717) is 24.0 Å². The maximum Gasteiger partial charge on any atom is 0.260 e. The lowest BCUT2D eigenvalue weighted by Gasteiger charge is -2.38. The number of aryl methyl sites for hydroxylation is 1. The van der Waals surface area contributed by atoms with Crippen molar-refractivity contribution >= 4 is 22.4 Å². The van der Waals surface area contributed by atoms with Crippen molar-refractivity contribution in [3.8, 4) is 0 Å². The number of fused-ring (bicyclic) bond motifs is 1. The largest absolute Gasteiger partial charge is 0.329 e. The van der Waals surface area contributed by atoms with E-state index >= 15 is 0 Å². The molecule has 3 heterocycles. The average Bonchev–Trinajstić information content (AvgIpc) is 3.00. The normalized spacial score (nSPS) is 26.4. The van der Waals surface area contributed by atoms with Crippen molar-refractivity contribution < 1.29 is 8.42 Å². The molecule has 0 aliphatic carbocycles. The van der Waals surface area contributed by atoms with Crippen LogP contribution < -0.4 is 5.73 Å². The van der Waals surface area contributed by atoms with Gasteiger partial charge in [0, 0.05) is 32.1 Å². The standard InChI is InChI=1S/C13H22N4O2S.ClH/c1-10-4-2-7-17(11(10)8-14)20(18,19)13-9-15-12-5-3-6-16(12)13;/h9-11H,2-8,14H2,1H3;1H. The number of hydrogen-bond acceptors (Lipinski definition) is 4. The number of sulfonamides is 1. The van der Waals surface area contributed by atoms with Crippen molar-refractivity contribution in [1.82, 2.24) is 13.9 Å². The van der Waals surface area contributed by atoms with Crippen molar-refractivity contribution in [1.29, 1.82) is 0 Å². The summed E-state index contributed by atoms with van der Waals surface area (Å²) in [5, 5.41) is 0.345. The zero-order valence-corrected chi connectivity index (χ0v) is 13.9. The molecule has 3 rings (SSSR count). The SMILES string of the molecule is CC1CCCN(S(=O)(=O)c2cnc3n2CCC3)C1CN.Cl. The molecule has 0 radical (unpaired) electrons. The number of rotatable bonds is 3. The van der Waals surface area contributed by atoms with Crippen LogP contribution in [-0.4, -0.2) is 41.4 Å². The molecule has 0 saturated carbocycles. The monoisotopic (exact) mass is 334 g/mol. The van der Waals surface area contributed by atoms with Gasteiger partial charge in [0.05, 0.1) is 6.20 Å². The van der Waals surface area contributed by atoms with Crippen LogP contribution >= 0.6 is 12.4 Å². The summed E-state index contributed by atoms with van der Waals surface area (Å²) in [5.41, 5.74) is 5.82. The average molecular weight is 335 g/mol. The van der Waals surface area contributed by atoms with Gasteiger partial charge in [0.1, 0.15) is 5.82 Å². The lowest BCUT2D eigenvalue weighted by atomic mass is 9.93. The molecule has 0 spiro atoms. The van der Waals surface area contributed by atoms with E-state index in [1.165, 1.54) is 6.20 Å². The Balaban J connectivity index is 0.00000161. The number of halogens is 1. The van der Waals surface area contributed by atoms with Gasteiger partial charge in [0.2, 0.25) is 0 Å². The molecule has 2 atom stereocenters. The van der Waals surface area contributed by atoms with Crippen LogP contribution in [-0.2, 0) is 23.0 Å². The molecule has 2 aliphatic heterocycles. The van der Waals surface area contributed by atoms with E-state index in [1.54, 1.807) is 4.31 Å². The molecule has 1 fully saturated rings. The molecule has 6 nitrogen and oxygen atoms in total. The van der Waals surface area contributed by atoms with Gasteiger partial charge in [-0.25, -0.2) is 13.4 Å². The Morgan fingerprint density at radius 1 is 1.38 bits per heavy atom. The van der Waals surface area contributed by atoms with Crippen molar-refractivity contribution in [2.45, 2.75) is 50.2 Å². The minimum atomic E-state index is -3.48. The molecule has 1 aromatic rings. The molecule has 0 aromatic carbocycles. The number of aromatic nitrogens is 2. The first-order valence-corrected chi connectivity index (χ1v) is 8.76. The second-order valence-electron chi connectivity index (χ2n) is 5.81. The van der Waals surface area contributed by atoms with Crippen molar-refractivity contribution in [2.24, 2.45) is 11.7 Å². The van der Waals surface area contributed by atoms with Gasteiger partial charge in [-0.05, 0) is 25.2 Å². The van der Waals surface area contributed by atoms with Gasteiger partial charge in [-0.15, -0.1) is 12.4 Å². The highest BCUT2D eigenvalue weighted by molar-refractivity contribution is 7.89. The van der Waals surface area contributed by atoms with Gasteiger partial charge in [0.15, 0.2) is 5.03 Å². The third kappa shape index (κ3) is 2.72. The Bertz CT molecular complexity index is 601. The summed E-state index contributed by atoms with van der Waals surface area (Å²) in [4.78, 5) is 4.25. The van der Waals surface area contributed by atoms with Crippen LogP contribution in [0, 0.1) is 5.92 Å². The van der Waals surface area contributed by atoms with Crippen molar-refractivity contribution in [3.05, 3.63) is 12.0 Å². The first-order chi connectivity index (χ1) is 9.55. The van der Waals surface area contributed by atoms with Gasteiger partial charge in [-0.3, -0.25) is 0 Å². The summed E-state index contributed by atoms with van der Waals surface area (Å²) >= 11 is 0. The van der Waals surface area contributed by atoms with Crippen molar-refractivity contribution in [2.75, 3.05) is 13.1 Å².